The lowest BCUT2D eigenvalue weighted by Gasteiger charge is -2.47. The van der Waals surface area contributed by atoms with Crippen LogP contribution in [0.25, 0.3) is 0 Å². The summed E-state index contributed by atoms with van der Waals surface area (Å²) in [6.07, 6.45) is 5.76. The largest absolute Gasteiger partial charge is 0.355 e. The van der Waals surface area contributed by atoms with E-state index in [1.54, 1.807) is 0 Å². The summed E-state index contributed by atoms with van der Waals surface area (Å²) in [5.41, 5.74) is 1.45. The van der Waals surface area contributed by atoms with E-state index in [0.717, 1.165) is 24.0 Å². The van der Waals surface area contributed by atoms with E-state index in [2.05, 4.69) is 10.2 Å². The minimum absolute atomic E-state index is 0.0396. The monoisotopic (exact) mass is 460 g/mol. The number of hydrogen-bond acceptors (Lipinski definition) is 4. The first-order valence-corrected chi connectivity index (χ1v) is 12.7. The number of amides is 1. The number of piperidine rings is 1. The Morgan fingerprint density at radius 2 is 1.29 bits per heavy atom. The minimum atomic E-state index is -0.228. The van der Waals surface area contributed by atoms with Crippen molar-refractivity contribution in [3.8, 4) is 0 Å². The first-order chi connectivity index (χ1) is 16.5. The molecule has 2 fully saturated rings. The van der Waals surface area contributed by atoms with Crippen LogP contribution in [0.1, 0.15) is 59.7 Å². The summed E-state index contributed by atoms with van der Waals surface area (Å²) in [4.78, 5) is 41.4. The number of ketones is 2. The van der Waals surface area contributed by atoms with Crippen molar-refractivity contribution >= 4 is 17.5 Å². The van der Waals surface area contributed by atoms with Gasteiger partial charge in [0.05, 0.1) is 0 Å². The third-order valence-corrected chi connectivity index (χ3v) is 7.63. The summed E-state index contributed by atoms with van der Waals surface area (Å²) in [7, 11) is 0. The van der Waals surface area contributed by atoms with Gasteiger partial charge in [-0.2, -0.15) is 0 Å². The first kappa shape index (κ1) is 24.3. The van der Waals surface area contributed by atoms with Gasteiger partial charge in [-0.3, -0.25) is 14.4 Å². The van der Waals surface area contributed by atoms with Crippen LogP contribution >= 0.6 is 0 Å². The number of nitrogens with one attached hydrogen (secondary N) is 1. The molecule has 1 aliphatic carbocycles. The van der Waals surface area contributed by atoms with Crippen molar-refractivity contribution in [2.45, 2.75) is 39.0 Å². The van der Waals surface area contributed by atoms with Gasteiger partial charge in [0, 0.05) is 56.1 Å². The molecular formula is C29H36N2O3. The molecule has 1 saturated carbocycles. The Labute approximate surface area is 202 Å². The average molecular weight is 461 g/mol. The van der Waals surface area contributed by atoms with Gasteiger partial charge in [0.1, 0.15) is 0 Å². The third kappa shape index (κ3) is 5.82. The molecule has 1 amide bonds. The molecule has 0 spiro atoms. The van der Waals surface area contributed by atoms with Gasteiger partial charge in [-0.25, -0.2) is 0 Å². The normalized spacial score (nSPS) is 23.9. The fourth-order valence-corrected chi connectivity index (χ4v) is 6.05. The van der Waals surface area contributed by atoms with Gasteiger partial charge in [0.25, 0.3) is 0 Å². The fourth-order valence-electron chi connectivity index (χ4n) is 6.05. The van der Waals surface area contributed by atoms with Crippen LogP contribution in [0.3, 0.4) is 0 Å². The molecule has 2 aliphatic rings. The Morgan fingerprint density at radius 3 is 1.76 bits per heavy atom. The Bertz CT molecular complexity index is 908. The number of hydrogen-bond donors (Lipinski definition) is 1. The summed E-state index contributed by atoms with van der Waals surface area (Å²) in [6, 6.07) is 19.1. The highest BCUT2D eigenvalue weighted by Crippen LogP contribution is 2.43. The van der Waals surface area contributed by atoms with Crippen molar-refractivity contribution in [1.29, 1.82) is 0 Å². The van der Waals surface area contributed by atoms with Crippen molar-refractivity contribution in [3.05, 3.63) is 71.8 Å². The third-order valence-electron chi connectivity index (χ3n) is 7.63. The second kappa shape index (κ2) is 11.6. The molecule has 1 N–H and O–H groups in total. The van der Waals surface area contributed by atoms with Crippen LogP contribution in [0.15, 0.2) is 60.7 Å². The maximum absolute atomic E-state index is 13.9. The van der Waals surface area contributed by atoms with Crippen LogP contribution < -0.4 is 5.32 Å². The molecule has 1 heterocycles. The van der Waals surface area contributed by atoms with E-state index < -0.39 is 0 Å². The molecule has 1 aliphatic heterocycles. The molecule has 4 rings (SSSR count). The molecule has 2 unspecified atom stereocenters. The van der Waals surface area contributed by atoms with E-state index in [1.165, 1.54) is 26.2 Å². The molecule has 1 saturated heterocycles. The van der Waals surface area contributed by atoms with E-state index in [4.69, 9.17) is 0 Å². The molecule has 5 nitrogen and oxygen atoms in total. The molecule has 2 atom stereocenters. The lowest BCUT2D eigenvalue weighted by Crippen LogP contribution is -2.55. The lowest BCUT2D eigenvalue weighted by molar-refractivity contribution is -0.119. The van der Waals surface area contributed by atoms with E-state index in [1.807, 2.05) is 60.7 Å². The van der Waals surface area contributed by atoms with Crippen molar-refractivity contribution in [1.82, 2.24) is 10.2 Å². The highest BCUT2D eigenvalue weighted by molar-refractivity contribution is 6.01. The maximum Gasteiger partial charge on any atom is 0.216 e. The maximum atomic E-state index is 13.9. The number of benzene rings is 2. The number of carbonyl (C=O) groups is 3. The Hall–Kier alpha value is -2.79. The zero-order chi connectivity index (χ0) is 23.9. The van der Waals surface area contributed by atoms with Crippen molar-refractivity contribution in [2.24, 2.45) is 23.7 Å². The van der Waals surface area contributed by atoms with E-state index in [-0.39, 0.29) is 35.2 Å². The van der Waals surface area contributed by atoms with Gasteiger partial charge in [0.2, 0.25) is 5.91 Å². The minimum Gasteiger partial charge on any atom is -0.355 e. The van der Waals surface area contributed by atoms with Crippen molar-refractivity contribution in [2.75, 3.05) is 26.2 Å². The smallest absolute Gasteiger partial charge is 0.216 e. The highest BCUT2D eigenvalue weighted by Gasteiger charge is 2.47. The lowest BCUT2D eigenvalue weighted by atomic mass is 9.63. The standard InChI is InChI=1S/C29H36N2O3/c1-21(32)30-17-18-31-19-25(28(33)23-13-7-3-8-14-23)27(22-11-5-2-6-12-22)26(20-31)29(34)24-15-9-4-10-16-24/h3-4,7-10,13-16,22,25-27H,2,5-6,11-12,17-20H2,1H3,(H,30,32). The second-order valence-electron chi connectivity index (χ2n) is 9.89. The van der Waals surface area contributed by atoms with Crippen molar-refractivity contribution in [3.63, 3.8) is 0 Å². The molecule has 0 radical (unpaired) electrons. The summed E-state index contributed by atoms with van der Waals surface area (Å²) < 4.78 is 0. The molecule has 0 aromatic heterocycles. The van der Waals surface area contributed by atoms with Crippen LogP contribution in [-0.2, 0) is 4.79 Å². The average Bonchev–Trinajstić information content (AvgIpc) is 2.88. The number of Topliss-reactive ketones (excluding diaryl/α,β-unsaturated/α-hetero) is 2. The van der Waals surface area contributed by atoms with Crippen LogP contribution in [0, 0.1) is 23.7 Å². The van der Waals surface area contributed by atoms with Crippen molar-refractivity contribution < 1.29 is 14.4 Å². The molecule has 2 aromatic carbocycles. The van der Waals surface area contributed by atoms with E-state index in [0.29, 0.717) is 32.1 Å². The van der Waals surface area contributed by atoms with E-state index in [9.17, 15) is 14.4 Å². The summed E-state index contributed by atoms with van der Waals surface area (Å²) >= 11 is 0. The zero-order valence-electron chi connectivity index (χ0n) is 20.1. The topological polar surface area (TPSA) is 66.5 Å². The van der Waals surface area contributed by atoms with Gasteiger partial charge < -0.3 is 10.2 Å². The molecule has 5 heteroatoms. The van der Waals surface area contributed by atoms with Crippen LogP contribution in [-0.4, -0.2) is 48.6 Å². The van der Waals surface area contributed by atoms with Gasteiger partial charge in [-0.15, -0.1) is 0 Å². The molecular weight excluding hydrogens is 424 g/mol. The molecule has 2 aromatic rings. The Balaban J connectivity index is 1.68. The SMILES string of the molecule is CC(=O)NCCN1CC(C(=O)c2ccccc2)C(C2CCCCC2)C(C(=O)c2ccccc2)C1. The number of rotatable bonds is 8. The number of carbonyl (C=O) groups excluding carboxylic acids is 3. The van der Waals surface area contributed by atoms with Crippen LogP contribution in [0.5, 0.6) is 0 Å². The van der Waals surface area contributed by atoms with Gasteiger partial charge in [-0.05, 0) is 11.8 Å². The summed E-state index contributed by atoms with van der Waals surface area (Å²) in [5.74, 6) is 0.200. The first-order valence-electron chi connectivity index (χ1n) is 12.7. The number of nitrogens with zero attached hydrogens (tertiary/aromatic N) is 1. The van der Waals surface area contributed by atoms with Gasteiger partial charge >= 0.3 is 0 Å². The highest BCUT2D eigenvalue weighted by atomic mass is 16.1. The number of likely N-dealkylation sites (tertiary alicyclic amines) is 1. The molecule has 34 heavy (non-hydrogen) atoms. The van der Waals surface area contributed by atoms with E-state index >= 15 is 0 Å². The predicted molar refractivity (Wildman–Crippen MR) is 134 cm³/mol. The molecule has 0 bridgehead atoms. The van der Waals surface area contributed by atoms with Gasteiger partial charge in [0.15, 0.2) is 11.6 Å². The summed E-state index contributed by atoms with van der Waals surface area (Å²) in [6.45, 7) is 3.93. The van der Waals surface area contributed by atoms with Crippen LogP contribution in [0.2, 0.25) is 0 Å². The molecule has 180 valence electrons. The fraction of sp³-hybridized carbons (Fsp3) is 0.483. The summed E-state index contributed by atoms with van der Waals surface area (Å²) in [5, 5.41) is 2.87. The Kier molecular flexibility index (Phi) is 8.28. The Morgan fingerprint density at radius 1 is 0.794 bits per heavy atom. The van der Waals surface area contributed by atoms with Crippen LogP contribution in [0.4, 0.5) is 0 Å². The zero-order valence-corrected chi connectivity index (χ0v) is 20.1. The second-order valence-corrected chi connectivity index (χ2v) is 9.89. The quantitative estimate of drug-likeness (QED) is 0.583. The predicted octanol–water partition coefficient (Wildman–Crippen LogP) is 4.63. The van der Waals surface area contributed by atoms with Gasteiger partial charge in [-0.1, -0.05) is 92.8 Å².